The summed E-state index contributed by atoms with van der Waals surface area (Å²) >= 11 is 0. The van der Waals surface area contributed by atoms with E-state index in [-0.39, 0.29) is 19.4 Å². The molecule has 1 rings (SSSR count). The van der Waals surface area contributed by atoms with Crippen molar-refractivity contribution in [3.8, 4) is 0 Å². The summed E-state index contributed by atoms with van der Waals surface area (Å²) in [5, 5.41) is 56.9. The Kier molecular flexibility index (Phi) is 49.2. The van der Waals surface area contributed by atoms with E-state index >= 15 is 0 Å². The number of hydrogen-bond acceptors (Lipinski definition) is 10. The van der Waals surface area contributed by atoms with Crippen LogP contribution in [0, 0.1) is 0 Å². The largest absolute Gasteiger partial charge is 0.454 e. The number of aliphatic hydroxyl groups excluding tert-OH is 5. The minimum atomic E-state index is -1.64. The van der Waals surface area contributed by atoms with E-state index in [2.05, 4.69) is 80.8 Å². The van der Waals surface area contributed by atoms with Crippen LogP contribution in [0.4, 0.5) is 0 Å². The molecule has 1 saturated heterocycles. The SMILES string of the molecule is CC\C=C/C=C/C=C/C=C\C=C\C=C\CCCCC(O)C(=O)NC(COC1OC(CO)C(O)C(O)C1OC(=O)CCCCCCC/C=C\C/C=C\C/C=C\C/C=C\CCCCC)C(O)/C=C/CCCCCCCCCCCC. The minimum absolute atomic E-state index is 0.0883. The third kappa shape index (κ3) is 40.9. The molecule has 1 aliphatic heterocycles. The van der Waals surface area contributed by atoms with Crippen molar-refractivity contribution in [1.82, 2.24) is 5.32 Å². The summed E-state index contributed by atoms with van der Waals surface area (Å²) in [6, 6.07) is -1.06. The monoisotopic (exact) mass is 1090 g/mol. The van der Waals surface area contributed by atoms with Gasteiger partial charge < -0.3 is 45.1 Å². The van der Waals surface area contributed by atoms with Crippen molar-refractivity contribution in [2.24, 2.45) is 0 Å². The van der Waals surface area contributed by atoms with Crippen molar-refractivity contribution in [3.05, 3.63) is 134 Å². The van der Waals surface area contributed by atoms with E-state index in [1.54, 1.807) is 6.08 Å². The Balaban J connectivity index is 2.74. The molecule has 0 radical (unpaired) electrons. The fourth-order valence-corrected chi connectivity index (χ4v) is 8.61. The number of nitrogens with one attached hydrogen (secondary N) is 1. The zero-order valence-corrected chi connectivity index (χ0v) is 48.7. The van der Waals surface area contributed by atoms with Crippen molar-refractivity contribution in [1.29, 1.82) is 0 Å². The molecule has 11 nitrogen and oxygen atoms in total. The molecular weight excluding hydrogens is 979 g/mol. The van der Waals surface area contributed by atoms with Gasteiger partial charge in [0, 0.05) is 6.42 Å². The number of esters is 1. The number of ether oxygens (including phenoxy) is 3. The van der Waals surface area contributed by atoms with Crippen LogP contribution < -0.4 is 5.32 Å². The third-order valence-electron chi connectivity index (χ3n) is 13.4. The first-order valence-corrected chi connectivity index (χ1v) is 30.5. The lowest BCUT2D eigenvalue weighted by molar-refractivity contribution is -0.305. The fraction of sp³-hybridized carbons (Fsp3) is 0.642. The average Bonchev–Trinajstić information content (AvgIpc) is 3.44. The number of rotatable bonds is 49. The smallest absolute Gasteiger partial charge is 0.306 e. The van der Waals surface area contributed by atoms with E-state index in [0.717, 1.165) is 96.3 Å². The van der Waals surface area contributed by atoms with E-state index in [1.165, 1.54) is 70.6 Å². The molecule has 0 aromatic heterocycles. The lowest BCUT2D eigenvalue weighted by Crippen LogP contribution is -2.61. The van der Waals surface area contributed by atoms with Crippen LogP contribution >= 0.6 is 0 Å². The van der Waals surface area contributed by atoms with E-state index in [0.29, 0.717) is 12.8 Å². The topological polar surface area (TPSA) is 175 Å². The van der Waals surface area contributed by atoms with Gasteiger partial charge in [-0.2, -0.15) is 0 Å². The van der Waals surface area contributed by atoms with Gasteiger partial charge in [-0.15, -0.1) is 0 Å². The predicted molar refractivity (Wildman–Crippen MR) is 324 cm³/mol. The fourth-order valence-electron chi connectivity index (χ4n) is 8.61. The first-order valence-electron chi connectivity index (χ1n) is 30.5. The van der Waals surface area contributed by atoms with Gasteiger partial charge in [0.2, 0.25) is 5.91 Å². The molecule has 78 heavy (non-hydrogen) atoms. The van der Waals surface area contributed by atoms with Crippen molar-refractivity contribution in [2.75, 3.05) is 13.2 Å². The van der Waals surface area contributed by atoms with Gasteiger partial charge in [-0.05, 0) is 89.9 Å². The summed E-state index contributed by atoms with van der Waals surface area (Å²) in [6.45, 7) is 5.55. The van der Waals surface area contributed by atoms with Crippen LogP contribution in [0.3, 0.4) is 0 Å². The highest BCUT2D eigenvalue weighted by Gasteiger charge is 2.47. The Morgan fingerprint density at radius 2 is 0.974 bits per heavy atom. The van der Waals surface area contributed by atoms with Gasteiger partial charge >= 0.3 is 5.97 Å². The third-order valence-corrected chi connectivity index (χ3v) is 13.4. The predicted octanol–water partition coefficient (Wildman–Crippen LogP) is 14.4. The second-order valence-electron chi connectivity index (χ2n) is 20.5. The molecule has 8 unspecified atom stereocenters. The zero-order valence-electron chi connectivity index (χ0n) is 48.7. The highest BCUT2D eigenvalue weighted by molar-refractivity contribution is 5.80. The first kappa shape index (κ1) is 71.8. The van der Waals surface area contributed by atoms with E-state index in [1.807, 2.05) is 72.9 Å². The number of amides is 1. The minimum Gasteiger partial charge on any atom is -0.454 e. The highest BCUT2D eigenvalue weighted by atomic mass is 16.7. The highest BCUT2D eigenvalue weighted by Crippen LogP contribution is 2.26. The standard InChI is InChI=1S/C67H109NO10/c1-4-7-10-13-16-19-22-25-27-29-30-31-32-33-35-37-40-43-46-49-52-55-62(72)78-65-64(74)63(73)61(56-69)77-67(65)76-57-58(59(70)53-50-47-44-41-38-24-21-18-15-12-9-6-3)68-66(75)60(71)54-51-48-45-42-39-36-34-28-26-23-20-17-14-11-8-5-2/h8,11,14,16-17,19-20,23,25-28,30-31,33-36,39,42,50,53,58-61,63-65,67,69-71,73-74H,4-7,9-10,12-13,15,18,21-22,24,29,32,37-38,40-41,43-49,51-52,54-57H2,1-3H3,(H,68,75)/b11-8-,17-14+,19-16-,23-20+,27-25-,28-26-,31-30-,35-33-,36-34+,42-39+,53-50+. The van der Waals surface area contributed by atoms with Gasteiger partial charge in [0.15, 0.2) is 12.4 Å². The Bertz CT molecular complexity index is 1770. The summed E-state index contributed by atoms with van der Waals surface area (Å²) in [5.41, 5.74) is 0. The summed E-state index contributed by atoms with van der Waals surface area (Å²) in [6.07, 6.45) is 64.8. The Labute approximate surface area is 473 Å². The maximum atomic E-state index is 13.4. The number of unbranched alkanes of at least 4 members (excludes halogenated alkanes) is 20. The lowest BCUT2D eigenvalue weighted by atomic mass is 9.99. The molecule has 0 aromatic rings. The van der Waals surface area contributed by atoms with Crippen molar-refractivity contribution >= 4 is 11.9 Å². The molecule has 0 spiro atoms. The van der Waals surface area contributed by atoms with E-state index in [4.69, 9.17) is 14.2 Å². The average molecular weight is 1090 g/mol. The molecular formula is C67H109NO10. The molecule has 11 heteroatoms. The number of carbonyl (C=O) groups excluding carboxylic acids is 2. The molecule has 8 atom stereocenters. The number of allylic oxidation sites excluding steroid dienone is 21. The molecule has 0 aromatic carbocycles. The molecule has 0 aliphatic carbocycles. The van der Waals surface area contributed by atoms with E-state index < -0.39 is 67.4 Å². The van der Waals surface area contributed by atoms with Crippen LogP contribution in [0.5, 0.6) is 0 Å². The quantitative estimate of drug-likeness (QED) is 0.0149. The molecule has 1 aliphatic rings. The van der Waals surface area contributed by atoms with Crippen molar-refractivity contribution in [3.63, 3.8) is 0 Å². The van der Waals surface area contributed by atoms with Gasteiger partial charge in [-0.1, -0.05) is 251 Å². The van der Waals surface area contributed by atoms with Crippen LogP contribution in [-0.2, 0) is 23.8 Å². The van der Waals surface area contributed by atoms with Crippen LogP contribution in [-0.4, -0.2) is 99.6 Å². The maximum absolute atomic E-state index is 13.4. The lowest BCUT2D eigenvalue weighted by Gasteiger charge is -2.41. The Morgan fingerprint density at radius 1 is 0.526 bits per heavy atom. The Morgan fingerprint density at radius 3 is 1.53 bits per heavy atom. The Hall–Kier alpha value is -4.20. The zero-order chi connectivity index (χ0) is 56.8. The van der Waals surface area contributed by atoms with Crippen LogP contribution in [0.2, 0.25) is 0 Å². The molecule has 1 heterocycles. The summed E-state index contributed by atoms with van der Waals surface area (Å²) in [5.74, 6) is -1.27. The second-order valence-corrected chi connectivity index (χ2v) is 20.5. The number of carbonyl (C=O) groups is 2. The number of aliphatic hydroxyl groups is 5. The van der Waals surface area contributed by atoms with Crippen LogP contribution in [0.25, 0.3) is 0 Å². The second kappa shape index (κ2) is 53.4. The van der Waals surface area contributed by atoms with Crippen molar-refractivity contribution < 1.29 is 49.3 Å². The van der Waals surface area contributed by atoms with Gasteiger partial charge in [0.25, 0.3) is 0 Å². The number of hydrogen-bond donors (Lipinski definition) is 6. The normalized spacial score (nSPS) is 19.9. The molecule has 1 amide bonds. The summed E-state index contributed by atoms with van der Waals surface area (Å²) in [4.78, 5) is 26.5. The molecule has 442 valence electrons. The van der Waals surface area contributed by atoms with Crippen LogP contribution in [0.1, 0.15) is 213 Å². The summed E-state index contributed by atoms with van der Waals surface area (Å²) in [7, 11) is 0. The van der Waals surface area contributed by atoms with Gasteiger partial charge in [0.05, 0.1) is 25.4 Å². The molecule has 6 N–H and O–H groups in total. The van der Waals surface area contributed by atoms with Crippen LogP contribution in [0.15, 0.2) is 134 Å². The summed E-state index contributed by atoms with van der Waals surface area (Å²) < 4.78 is 17.6. The van der Waals surface area contributed by atoms with E-state index in [9.17, 15) is 35.1 Å². The van der Waals surface area contributed by atoms with Gasteiger partial charge in [0.1, 0.15) is 24.4 Å². The van der Waals surface area contributed by atoms with Gasteiger partial charge in [-0.3, -0.25) is 9.59 Å². The molecule has 1 fully saturated rings. The van der Waals surface area contributed by atoms with Gasteiger partial charge in [-0.25, -0.2) is 0 Å². The molecule has 0 bridgehead atoms. The molecule has 0 saturated carbocycles. The first-order chi connectivity index (χ1) is 38.2. The maximum Gasteiger partial charge on any atom is 0.306 e. The van der Waals surface area contributed by atoms with Crippen molar-refractivity contribution in [2.45, 2.75) is 262 Å².